The normalized spacial score (nSPS) is 11.5. The highest BCUT2D eigenvalue weighted by Crippen LogP contribution is 2.29. The fourth-order valence-corrected chi connectivity index (χ4v) is 1.95. The Morgan fingerprint density at radius 2 is 1.83 bits per heavy atom. The van der Waals surface area contributed by atoms with E-state index in [1.165, 1.54) is 14.2 Å². The molecule has 1 aromatic rings. The molecule has 0 saturated carbocycles. The Kier molecular flexibility index (Phi) is 8.59. The van der Waals surface area contributed by atoms with E-state index in [2.05, 4.69) is 10.6 Å². The summed E-state index contributed by atoms with van der Waals surface area (Å²) in [4.78, 5) is 23.6. The molecule has 8 heteroatoms. The molecule has 0 bridgehead atoms. The summed E-state index contributed by atoms with van der Waals surface area (Å²) in [5.41, 5.74) is 0.778. The molecule has 0 aromatic heterocycles. The summed E-state index contributed by atoms with van der Waals surface area (Å²) in [6.45, 7) is 2.29. The Labute approximate surface area is 141 Å². The number of hydrogen-bond donors (Lipinski definition) is 3. The molecule has 0 heterocycles. The van der Waals surface area contributed by atoms with Crippen molar-refractivity contribution in [3.05, 3.63) is 23.8 Å². The number of carbonyl (C=O) groups is 2. The molecule has 3 N–H and O–H groups in total. The van der Waals surface area contributed by atoms with Crippen LogP contribution < -0.4 is 20.1 Å². The molecule has 0 spiro atoms. The summed E-state index contributed by atoms with van der Waals surface area (Å²) < 4.78 is 15.4. The summed E-state index contributed by atoms with van der Waals surface area (Å²) in [6, 6.07) is 4.88. The van der Waals surface area contributed by atoms with Gasteiger partial charge in [-0.1, -0.05) is 6.07 Å². The van der Waals surface area contributed by atoms with Crippen molar-refractivity contribution in [3.63, 3.8) is 0 Å². The van der Waals surface area contributed by atoms with E-state index in [0.717, 1.165) is 5.56 Å². The minimum Gasteiger partial charge on any atom is -0.493 e. The van der Waals surface area contributed by atoms with Gasteiger partial charge < -0.3 is 30.0 Å². The van der Waals surface area contributed by atoms with Crippen molar-refractivity contribution >= 4 is 11.8 Å². The van der Waals surface area contributed by atoms with Crippen molar-refractivity contribution in [2.75, 3.05) is 40.6 Å². The molecule has 0 aliphatic rings. The molecule has 0 saturated heterocycles. The lowest BCUT2D eigenvalue weighted by atomic mass is 10.1. The van der Waals surface area contributed by atoms with Crippen molar-refractivity contribution in [3.8, 4) is 11.5 Å². The van der Waals surface area contributed by atoms with Crippen molar-refractivity contribution < 1.29 is 28.9 Å². The van der Waals surface area contributed by atoms with E-state index in [1.54, 1.807) is 25.1 Å². The Balaban J connectivity index is 2.52. The smallest absolute Gasteiger partial charge is 0.309 e. The second-order valence-corrected chi connectivity index (χ2v) is 4.90. The van der Waals surface area contributed by atoms with Crippen molar-refractivity contribution in [2.45, 2.75) is 13.0 Å². The lowest BCUT2D eigenvalue weighted by Crippen LogP contribution is -2.42. The van der Waals surface area contributed by atoms with Crippen LogP contribution in [-0.4, -0.2) is 57.5 Å². The van der Waals surface area contributed by atoms with Crippen LogP contribution in [0, 0.1) is 0 Å². The Morgan fingerprint density at radius 1 is 1.12 bits per heavy atom. The fraction of sp³-hybridized carbons (Fsp3) is 0.500. The maximum Gasteiger partial charge on any atom is 0.309 e. The molecular formula is C16H24N2O6. The van der Waals surface area contributed by atoms with E-state index in [-0.39, 0.29) is 32.4 Å². The average molecular weight is 340 g/mol. The summed E-state index contributed by atoms with van der Waals surface area (Å²) >= 11 is 0. The third-order valence-electron chi connectivity index (χ3n) is 3.23. The van der Waals surface area contributed by atoms with Crippen LogP contribution in [0.5, 0.6) is 11.5 Å². The van der Waals surface area contributed by atoms with Gasteiger partial charge in [0, 0.05) is 6.54 Å². The SMILES string of the molecule is COc1ccc(C(C)NC(=O)C(=O)NCCOCCO)cc1OC. The number of amides is 2. The number of hydrogen-bond acceptors (Lipinski definition) is 6. The van der Waals surface area contributed by atoms with Crippen LogP contribution in [0.2, 0.25) is 0 Å². The van der Waals surface area contributed by atoms with Crippen LogP contribution in [0.25, 0.3) is 0 Å². The molecule has 1 rings (SSSR count). The summed E-state index contributed by atoms with van der Waals surface area (Å²) in [5.74, 6) is -0.351. The molecule has 0 fully saturated rings. The molecule has 2 amide bonds. The van der Waals surface area contributed by atoms with E-state index < -0.39 is 11.8 Å². The predicted octanol–water partition coefficient (Wildman–Crippen LogP) is 0.00610. The third-order valence-corrected chi connectivity index (χ3v) is 3.23. The maximum absolute atomic E-state index is 11.9. The zero-order valence-electron chi connectivity index (χ0n) is 14.1. The molecule has 1 atom stereocenters. The van der Waals surface area contributed by atoms with E-state index in [0.29, 0.717) is 11.5 Å². The standard InChI is InChI=1S/C16H24N2O6/c1-11(12-4-5-13(22-2)14(10-12)23-3)18-16(21)15(20)17-6-8-24-9-7-19/h4-5,10-11,19H,6-9H2,1-3H3,(H,17,20)(H,18,21). The van der Waals surface area contributed by atoms with E-state index in [1.807, 2.05) is 0 Å². The van der Waals surface area contributed by atoms with Crippen molar-refractivity contribution in [2.24, 2.45) is 0 Å². The van der Waals surface area contributed by atoms with Gasteiger partial charge in [-0.15, -0.1) is 0 Å². The molecule has 0 radical (unpaired) electrons. The number of aliphatic hydroxyl groups is 1. The van der Waals surface area contributed by atoms with Gasteiger partial charge in [-0.2, -0.15) is 0 Å². The third kappa shape index (κ3) is 6.05. The summed E-state index contributed by atoms with van der Waals surface area (Å²) in [6.07, 6.45) is 0. The zero-order valence-corrected chi connectivity index (χ0v) is 14.1. The van der Waals surface area contributed by atoms with Crippen LogP contribution in [0.3, 0.4) is 0 Å². The lowest BCUT2D eigenvalue weighted by Gasteiger charge is -2.16. The first-order valence-electron chi connectivity index (χ1n) is 7.52. The molecule has 8 nitrogen and oxygen atoms in total. The Hall–Kier alpha value is -2.32. The monoisotopic (exact) mass is 340 g/mol. The second kappa shape index (κ2) is 10.5. The van der Waals surface area contributed by atoms with Gasteiger partial charge in [0.15, 0.2) is 11.5 Å². The van der Waals surface area contributed by atoms with Crippen LogP contribution in [0.4, 0.5) is 0 Å². The number of benzene rings is 1. The van der Waals surface area contributed by atoms with Crippen LogP contribution in [0.1, 0.15) is 18.5 Å². The lowest BCUT2D eigenvalue weighted by molar-refractivity contribution is -0.139. The first kappa shape index (κ1) is 19.7. The number of methoxy groups -OCH3 is 2. The molecule has 0 aliphatic heterocycles. The second-order valence-electron chi connectivity index (χ2n) is 4.90. The molecule has 0 aliphatic carbocycles. The maximum atomic E-state index is 11.9. The summed E-state index contributed by atoms with van der Waals surface area (Å²) in [5, 5.41) is 13.6. The quantitative estimate of drug-likeness (QED) is 0.432. The minimum atomic E-state index is -0.741. The van der Waals surface area contributed by atoms with Crippen LogP contribution in [0.15, 0.2) is 18.2 Å². The fourth-order valence-electron chi connectivity index (χ4n) is 1.95. The van der Waals surface area contributed by atoms with Crippen LogP contribution in [-0.2, 0) is 14.3 Å². The van der Waals surface area contributed by atoms with Gasteiger partial charge in [-0.05, 0) is 24.6 Å². The number of rotatable bonds is 9. The van der Waals surface area contributed by atoms with Crippen molar-refractivity contribution in [1.29, 1.82) is 0 Å². The largest absolute Gasteiger partial charge is 0.493 e. The minimum absolute atomic E-state index is 0.0860. The van der Waals surface area contributed by atoms with Gasteiger partial charge in [0.1, 0.15) is 0 Å². The van der Waals surface area contributed by atoms with E-state index in [9.17, 15) is 9.59 Å². The van der Waals surface area contributed by atoms with Gasteiger partial charge >= 0.3 is 11.8 Å². The first-order valence-corrected chi connectivity index (χ1v) is 7.52. The molecule has 1 unspecified atom stereocenters. The Bertz CT molecular complexity index is 549. The van der Waals surface area contributed by atoms with Crippen LogP contribution >= 0.6 is 0 Å². The topological polar surface area (TPSA) is 106 Å². The molecule has 1 aromatic carbocycles. The molecule has 134 valence electrons. The molecule has 24 heavy (non-hydrogen) atoms. The van der Waals surface area contributed by atoms with E-state index >= 15 is 0 Å². The molecular weight excluding hydrogens is 316 g/mol. The van der Waals surface area contributed by atoms with Gasteiger partial charge in [0.25, 0.3) is 0 Å². The van der Waals surface area contributed by atoms with Gasteiger partial charge in [-0.3, -0.25) is 9.59 Å². The van der Waals surface area contributed by atoms with Gasteiger partial charge in [0.2, 0.25) is 0 Å². The average Bonchev–Trinajstić information content (AvgIpc) is 2.60. The predicted molar refractivity (Wildman–Crippen MR) is 87.0 cm³/mol. The zero-order chi connectivity index (χ0) is 17.9. The van der Waals surface area contributed by atoms with Gasteiger partial charge in [0.05, 0.1) is 40.1 Å². The number of aliphatic hydroxyl groups excluding tert-OH is 1. The Morgan fingerprint density at radius 3 is 2.46 bits per heavy atom. The van der Waals surface area contributed by atoms with Crippen molar-refractivity contribution in [1.82, 2.24) is 10.6 Å². The number of ether oxygens (including phenoxy) is 3. The summed E-state index contributed by atoms with van der Waals surface area (Å²) in [7, 11) is 3.06. The number of carbonyl (C=O) groups excluding carboxylic acids is 2. The van der Waals surface area contributed by atoms with Gasteiger partial charge in [-0.25, -0.2) is 0 Å². The first-order chi connectivity index (χ1) is 11.5. The highest BCUT2D eigenvalue weighted by Gasteiger charge is 2.17. The highest BCUT2D eigenvalue weighted by atomic mass is 16.5. The number of nitrogens with one attached hydrogen (secondary N) is 2. The highest BCUT2D eigenvalue weighted by molar-refractivity contribution is 6.35. The van der Waals surface area contributed by atoms with E-state index in [4.69, 9.17) is 19.3 Å².